The first-order chi connectivity index (χ1) is 6.27. The van der Waals surface area contributed by atoms with E-state index in [4.69, 9.17) is 0 Å². The van der Waals surface area contributed by atoms with Gasteiger partial charge in [0.2, 0.25) is 0 Å². The van der Waals surface area contributed by atoms with Crippen LogP contribution in [0.5, 0.6) is 0 Å². The molecule has 0 fully saturated rings. The van der Waals surface area contributed by atoms with Crippen LogP contribution in [0.4, 0.5) is 8.78 Å². The molecule has 0 saturated carbocycles. The third-order valence-electron chi connectivity index (χ3n) is 0.218. The van der Waals surface area contributed by atoms with E-state index in [9.17, 15) is 8.78 Å². The molecule has 0 atom stereocenters. The summed E-state index contributed by atoms with van der Waals surface area (Å²) in [5.41, 5.74) is 0. The van der Waals surface area contributed by atoms with Crippen LogP contribution in [-0.4, -0.2) is 0 Å². The number of allylic oxidation sites excluding steroid dienone is 1. The van der Waals surface area contributed by atoms with Gasteiger partial charge in [0.15, 0.2) is 0 Å². The van der Waals surface area contributed by atoms with Crippen LogP contribution in [0.1, 0.15) is 62.3 Å². The van der Waals surface area contributed by atoms with Gasteiger partial charge < -0.3 is 0 Å². The number of halogens is 2. The molecule has 0 aliphatic carbocycles. The van der Waals surface area contributed by atoms with Crippen LogP contribution in [0.3, 0.4) is 0 Å². The highest BCUT2D eigenvalue weighted by molar-refractivity contribution is 4.72. The van der Waals surface area contributed by atoms with E-state index < -0.39 is 6.08 Å². The van der Waals surface area contributed by atoms with Crippen molar-refractivity contribution in [3.63, 3.8) is 0 Å². The fourth-order valence-corrected chi connectivity index (χ4v) is 0. The first-order valence-corrected chi connectivity index (χ1v) is 5.24. The van der Waals surface area contributed by atoms with Gasteiger partial charge in [0.1, 0.15) is 0 Å². The van der Waals surface area contributed by atoms with E-state index in [1.807, 2.05) is 55.4 Å². The lowest BCUT2D eigenvalue weighted by atomic mass is 10.7. The van der Waals surface area contributed by atoms with Crippen LogP contribution in [0.15, 0.2) is 12.2 Å². The van der Waals surface area contributed by atoms with Crippen molar-refractivity contribution in [3.8, 4) is 0 Å². The number of hydrogen-bond acceptors (Lipinski definition) is 0. The lowest BCUT2D eigenvalue weighted by molar-refractivity contribution is 0.420. The summed E-state index contributed by atoms with van der Waals surface area (Å²) in [6.45, 7) is 17.3. The predicted octanol–water partition coefficient (Wildman–Crippen LogP) is 5.89. The SMILES string of the molecule is CC.CC.CC.CC.CC=C(F)F. The second-order valence-corrected chi connectivity index (χ2v) is 0.578. The van der Waals surface area contributed by atoms with Crippen molar-refractivity contribution in [2.45, 2.75) is 62.3 Å². The van der Waals surface area contributed by atoms with Gasteiger partial charge in [-0.2, -0.15) is 8.78 Å². The van der Waals surface area contributed by atoms with Crippen molar-refractivity contribution in [1.82, 2.24) is 0 Å². The molecule has 0 aliphatic heterocycles. The highest BCUT2D eigenvalue weighted by atomic mass is 19.3. The van der Waals surface area contributed by atoms with Crippen molar-refractivity contribution >= 4 is 0 Å². The van der Waals surface area contributed by atoms with Crippen molar-refractivity contribution in [2.24, 2.45) is 0 Å². The van der Waals surface area contributed by atoms with Crippen LogP contribution < -0.4 is 0 Å². The molecule has 2 heteroatoms. The molecule has 0 heterocycles. The minimum absolute atomic E-state index is 0.750. The highest BCUT2D eigenvalue weighted by Crippen LogP contribution is 1.92. The van der Waals surface area contributed by atoms with Gasteiger partial charge in [0.05, 0.1) is 0 Å². The summed E-state index contributed by atoms with van der Waals surface area (Å²) in [5.74, 6) is 0. The van der Waals surface area contributed by atoms with Crippen molar-refractivity contribution in [3.05, 3.63) is 12.2 Å². The van der Waals surface area contributed by atoms with Gasteiger partial charge in [-0.25, -0.2) is 0 Å². The molecule has 0 N–H and O–H groups in total. The van der Waals surface area contributed by atoms with Crippen molar-refractivity contribution in [2.75, 3.05) is 0 Å². The number of rotatable bonds is 0. The summed E-state index contributed by atoms with van der Waals surface area (Å²) in [6.07, 6.45) is -0.870. The van der Waals surface area contributed by atoms with E-state index in [0.717, 1.165) is 6.08 Å². The molecular formula is C11H28F2. The maximum Gasteiger partial charge on any atom is 0.266 e. The van der Waals surface area contributed by atoms with Crippen LogP contribution in [0.2, 0.25) is 0 Å². The first-order valence-electron chi connectivity index (χ1n) is 5.24. The molecule has 0 unspecified atom stereocenters. The van der Waals surface area contributed by atoms with Crippen LogP contribution in [-0.2, 0) is 0 Å². The van der Waals surface area contributed by atoms with Crippen LogP contribution in [0, 0.1) is 0 Å². The lowest BCUT2D eigenvalue weighted by Crippen LogP contribution is -1.44. The third-order valence-corrected chi connectivity index (χ3v) is 0.218. The summed E-state index contributed by atoms with van der Waals surface area (Å²) in [6, 6.07) is 0. The Kier molecular flexibility index (Phi) is 227. The van der Waals surface area contributed by atoms with E-state index in [0.29, 0.717) is 0 Å². The summed E-state index contributed by atoms with van der Waals surface area (Å²) in [4.78, 5) is 0. The number of hydrogen-bond donors (Lipinski definition) is 0. The van der Waals surface area contributed by atoms with E-state index in [1.54, 1.807) is 0 Å². The summed E-state index contributed by atoms with van der Waals surface area (Å²) in [5, 5.41) is 0. The quantitative estimate of drug-likeness (QED) is 0.455. The van der Waals surface area contributed by atoms with Gasteiger partial charge in [-0.3, -0.25) is 0 Å². The molecule has 0 saturated heterocycles. The molecule has 0 amide bonds. The lowest BCUT2D eigenvalue weighted by Gasteiger charge is -1.62. The zero-order chi connectivity index (χ0) is 12.3. The Morgan fingerprint density at radius 1 is 0.692 bits per heavy atom. The Hall–Kier alpha value is -0.400. The minimum Gasteiger partial charge on any atom is -0.174 e. The second-order valence-electron chi connectivity index (χ2n) is 0.578. The van der Waals surface area contributed by atoms with Crippen molar-refractivity contribution in [1.29, 1.82) is 0 Å². The van der Waals surface area contributed by atoms with Crippen molar-refractivity contribution < 1.29 is 8.78 Å². The normalized spacial score (nSPS) is 4.54. The maximum absolute atomic E-state index is 10.6. The first kappa shape index (κ1) is 29.4. The molecular weight excluding hydrogens is 170 g/mol. The standard InChI is InChI=1S/C3H4F2.4C2H6/c1-2-3(4)5;4*1-2/h2H,1H3;4*1-2H3. The summed E-state index contributed by atoms with van der Waals surface area (Å²) >= 11 is 0. The Labute approximate surface area is 84.1 Å². The Morgan fingerprint density at radius 3 is 0.769 bits per heavy atom. The van der Waals surface area contributed by atoms with Gasteiger partial charge in [-0.1, -0.05) is 55.4 Å². The zero-order valence-corrected chi connectivity index (χ0v) is 10.8. The molecule has 86 valence electrons. The molecule has 0 aromatic heterocycles. The van der Waals surface area contributed by atoms with E-state index in [2.05, 4.69) is 0 Å². The second kappa shape index (κ2) is 101. The van der Waals surface area contributed by atoms with Gasteiger partial charge in [0, 0.05) is 0 Å². The monoisotopic (exact) mass is 198 g/mol. The molecule has 0 bridgehead atoms. The smallest absolute Gasteiger partial charge is 0.174 e. The third kappa shape index (κ3) is 418. The average molecular weight is 198 g/mol. The molecule has 0 spiro atoms. The van der Waals surface area contributed by atoms with E-state index in [-0.39, 0.29) is 0 Å². The Balaban J connectivity index is -0.0000000230. The van der Waals surface area contributed by atoms with Gasteiger partial charge in [0.25, 0.3) is 6.08 Å². The van der Waals surface area contributed by atoms with Crippen LogP contribution >= 0.6 is 0 Å². The molecule has 0 radical (unpaired) electrons. The predicted molar refractivity (Wildman–Crippen MR) is 61.4 cm³/mol. The Morgan fingerprint density at radius 2 is 0.769 bits per heavy atom. The van der Waals surface area contributed by atoms with Gasteiger partial charge in [-0.15, -0.1) is 0 Å². The fourth-order valence-electron chi connectivity index (χ4n) is 0. The zero-order valence-electron chi connectivity index (χ0n) is 10.8. The molecule has 0 aromatic rings. The highest BCUT2D eigenvalue weighted by Gasteiger charge is 1.74. The summed E-state index contributed by atoms with van der Waals surface area (Å²) in [7, 11) is 0. The molecule has 0 rings (SSSR count). The molecule has 0 nitrogen and oxygen atoms in total. The van der Waals surface area contributed by atoms with Crippen LogP contribution in [0.25, 0.3) is 0 Å². The molecule has 13 heavy (non-hydrogen) atoms. The van der Waals surface area contributed by atoms with E-state index >= 15 is 0 Å². The average Bonchev–Trinajstić information content (AvgIpc) is 2.29. The molecule has 0 aliphatic rings. The van der Waals surface area contributed by atoms with E-state index in [1.165, 1.54) is 6.92 Å². The minimum atomic E-state index is -1.62. The molecule has 0 aromatic carbocycles. The largest absolute Gasteiger partial charge is 0.266 e. The van der Waals surface area contributed by atoms with Gasteiger partial charge >= 0.3 is 0 Å². The Bertz CT molecular complexity index is 46.1. The summed E-state index contributed by atoms with van der Waals surface area (Å²) < 4.78 is 21.2. The maximum atomic E-state index is 10.6. The fraction of sp³-hybridized carbons (Fsp3) is 0.818. The van der Waals surface area contributed by atoms with Gasteiger partial charge in [-0.05, 0) is 13.0 Å². The topological polar surface area (TPSA) is 0 Å².